The van der Waals surface area contributed by atoms with Crippen molar-refractivity contribution >= 4 is 22.6 Å². The van der Waals surface area contributed by atoms with E-state index in [-0.39, 0.29) is 10.0 Å². The Labute approximate surface area is 339 Å². The Bertz CT molecular complexity index is 804. The van der Waals surface area contributed by atoms with Crippen molar-refractivity contribution in [2.75, 3.05) is 13.2 Å². The van der Waals surface area contributed by atoms with E-state index in [0.717, 1.165) is 25.0 Å². The first-order chi connectivity index (χ1) is 25.7. The van der Waals surface area contributed by atoms with Gasteiger partial charge in [0.15, 0.2) is 0 Å². The summed E-state index contributed by atoms with van der Waals surface area (Å²) in [6.45, 7) is 6.36. The zero-order chi connectivity index (χ0) is 37.4. The van der Waals surface area contributed by atoms with Crippen LogP contribution in [0.15, 0.2) is 30.3 Å². The van der Waals surface area contributed by atoms with Gasteiger partial charge in [-0.15, -0.1) is 0 Å². The number of unbranched alkanes of at least 4 members (excludes halogenated alkanes) is 31. The minimum absolute atomic E-state index is 0.189. The Kier molecular flexibility index (Phi) is 38.8. The summed E-state index contributed by atoms with van der Waals surface area (Å²) in [7, 11) is 0. The first kappa shape index (κ1) is 49.8. The van der Waals surface area contributed by atoms with Gasteiger partial charge in [-0.05, 0) is 18.4 Å². The Morgan fingerprint density at radius 1 is 0.481 bits per heavy atom. The first-order valence-electron chi connectivity index (χ1n) is 23.2. The maximum Gasteiger partial charge on any atom is 0.108 e. The number of hydrogen-bond donors (Lipinski definition) is 1. The predicted molar refractivity (Wildman–Crippen MR) is 238 cm³/mol. The molecule has 306 valence electrons. The van der Waals surface area contributed by atoms with Crippen LogP contribution in [-0.4, -0.2) is 34.5 Å². The van der Waals surface area contributed by atoms with Gasteiger partial charge in [0.1, 0.15) is 6.10 Å². The third-order valence-corrected chi connectivity index (χ3v) is 12.4. The topological polar surface area (TPSA) is 38.7 Å². The van der Waals surface area contributed by atoms with Crippen LogP contribution in [0.4, 0.5) is 0 Å². The fraction of sp³-hybridized carbons (Fsp3) is 0.875. The van der Waals surface area contributed by atoms with E-state index in [2.05, 4.69) is 60.7 Å². The van der Waals surface area contributed by atoms with E-state index < -0.39 is 6.10 Å². The highest BCUT2D eigenvalue weighted by Crippen LogP contribution is 2.22. The highest BCUT2D eigenvalue weighted by atomic mass is 127. The maximum absolute atomic E-state index is 11.3. The zero-order valence-electron chi connectivity index (χ0n) is 34.9. The molecule has 4 heteroatoms. The van der Waals surface area contributed by atoms with Crippen LogP contribution in [0.25, 0.3) is 0 Å². The smallest absolute Gasteiger partial charge is 0.108 e. The van der Waals surface area contributed by atoms with Crippen molar-refractivity contribution in [1.82, 2.24) is 0 Å². The largest absolute Gasteiger partial charge is 0.389 e. The summed E-state index contributed by atoms with van der Waals surface area (Å²) in [5.41, 5.74) is 1.15. The van der Waals surface area contributed by atoms with Crippen molar-refractivity contribution in [1.29, 1.82) is 0 Å². The summed E-state index contributed by atoms with van der Waals surface area (Å²) in [4.78, 5) is 0. The molecule has 0 aliphatic rings. The molecule has 0 heterocycles. The number of aliphatic hydroxyl groups is 1. The molecule has 3 nitrogen and oxygen atoms in total. The molecule has 0 aliphatic heterocycles. The van der Waals surface area contributed by atoms with E-state index in [0.29, 0.717) is 13.2 Å². The molecular formula is C48H89IO3. The molecular weight excluding hydrogens is 751 g/mol. The number of rotatable bonds is 42. The fourth-order valence-corrected chi connectivity index (χ4v) is 8.35. The van der Waals surface area contributed by atoms with E-state index in [1.807, 2.05) is 6.07 Å². The number of halogens is 1. The van der Waals surface area contributed by atoms with Crippen LogP contribution >= 0.6 is 22.6 Å². The highest BCUT2D eigenvalue weighted by Gasteiger charge is 2.27. The molecule has 0 aliphatic carbocycles. The van der Waals surface area contributed by atoms with Crippen molar-refractivity contribution in [2.45, 2.75) is 255 Å². The average Bonchev–Trinajstić information content (AvgIpc) is 3.16. The van der Waals surface area contributed by atoms with Gasteiger partial charge >= 0.3 is 0 Å². The number of hydrogen-bond acceptors (Lipinski definition) is 3. The SMILES string of the molecule is CCCCCCCCCCCCCCCCCCCOCC(OCc1ccccc1)C(O)C(I)CCCCCCCCCCCCCCCCCC. The predicted octanol–water partition coefficient (Wildman–Crippen LogP) is 16.1. The standard InChI is InChI=1S/C48H89IO3/c1-3-5-7-9-11-13-15-17-19-21-23-25-27-29-31-33-38-42-51-44-47(52-43-45-39-35-34-36-40-45)48(50)46(49)41-37-32-30-28-26-24-22-20-18-16-14-12-10-8-6-4-2/h34-36,39-40,46-48,50H,3-33,37-38,41-44H2,1-2H3. The molecule has 0 saturated carbocycles. The van der Waals surface area contributed by atoms with E-state index in [4.69, 9.17) is 9.47 Å². The Hall–Kier alpha value is -0.170. The maximum atomic E-state index is 11.3. The van der Waals surface area contributed by atoms with Gasteiger partial charge in [0.2, 0.25) is 0 Å². The van der Waals surface area contributed by atoms with Gasteiger partial charge in [0.25, 0.3) is 0 Å². The Morgan fingerprint density at radius 3 is 1.21 bits per heavy atom. The number of aliphatic hydroxyl groups excluding tert-OH is 1. The second kappa shape index (κ2) is 40.5. The lowest BCUT2D eigenvalue weighted by molar-refractivity contribution is -0.0857. The van der Waals surface area contributed by atoms with Crippen LogP contribution in [0.5, 0.6) is 0 Å². The van der Waals surface area contributed by atoms with Gasteiger partial charge in [-0.2, -0.15) is 0 Å². The van der Waals surface area contributed by atoms with Gasteiger partial charge in [0.05, 0.1) is 19.3 Å². The van der Waals surface area contributed by atoms with Gasteiger partial charge in [-0.25, -0.2) is 0 Å². The van der Waals surface area contributed by atoms with Crippen LogP contribution in [0.1, 0.15) is 238 Å². The number of alkyl halides is 1. The minimum Gasteiger partial charge on any atom is -0.389 e. The van der Waals surface area contributed by atoms with Gasteiger partial charge in [-0.1, -0.05) is 272 Å². The molecule has 0 spiro atoms. The highest BCUT2D eigenvalue weighted by molar-refractivity contribution is 14.1. The van der Waals surface area contributed by atoms with Gasteiger partial charge in [0, 0.05) is 10.5 Å². The van der Waals surface area contributed by atoms with E-state index in [9.17, 15) is 5.11 Å². The van der Waals surface area contributed by atoms with Crippen molar-refractivity contribution in [3.8, 4) is 0 Å². The second-order valence-electron chi connectivity index (χ2n) is 16.2. The molecule has 0 bridgehead atoms. The lowest BCUT2D eigenvalue weighted by Gasteiger charge is -2.27. The molecule has 1 aromatic rings. The summed E-state index contributed by atoms with van der Waals surface area (Å²) >= 11 is 2.46. The molecule has 0 amide bonds. The van der Waals surface area contributed by atoms with E-state index in [1.54, 1.807) is 0 Å². The third kappa shape index (κ3) is 33.2. The molecule has 3 atom stereocenters. The molecule has 0 fully saturated rings. The average molecular weight is 841 g/mol. The lowest BCUT2D eigenvalue weighted by Crippen LogP contribution is -2.39. The number of benzene rings is 1. The monoisotopic (exact) mass is 841 g/mol. The summed E-state index contributed by atoms with van der Waals surface area (Å²) in [6.07, 6.45) is 46.0. The van der Waals surface area contributed by atoms with Crippen molar-refractivity contribution in [3.05, 3.63) is 35.9 Å². The molecule has 1 aromatic carbocycles. The van der Waals surface area contributed by atoms with E-state index >= 15 is 0 Å². The quantitative estimate of drug-likeness (QED) is 0.0405. The summed E-state index contributed by atoms with van der Waals surface area (Å²) in [5.74, 6) is 0. The zero-order valence-corrected chi connectivity index (χ0v) is 37.1. The first-order valence-corrected chi connectivity index (χ1v) is 24.5. The van der Waals surface area contributed by atoms with Crippen molar-refractivity contribution < 1.29 is 14.6 Å². The molecule has 1 N–H and O–H groups in total. The van der Waals surface area contributed by atoms with Crippen molar-refractivity contribution in [2.24, 2.45) is 0 Å². The fourth-order valence-electron chi connectivity index (χ4n) is 7.44. The van der Waals surface area contributed by atoms with Gasteiger partial charge < -0.3 is 14.6 Å². The summed E-state index contributed by atoms with van der Waals surface area (Å²) in [5, 5.41) is 11.3. The lowest BCUT2D eigenvalue weighted by atomic mass is 10.0. The molecule has 52 heavy (non-hydrogen) atoms. The van der Waals surface area contributed by atoms with Crippen LogP contribution < -0.4 is 0 Å². The van der Waals surface area contributed by atoms with Crippen LogP contribution in [0, 0.1) is 0 Å². The normalized spacial score (nSPS) is 13.5. The van der Waals surface area contributed by atoms with Crippen molar-refractivity contribution in [3.63, 3.8) is 0 Å². The Morgan fingerprint density at radius 2 is 0.827 bits per heavy atom. The molecule has 3 unspecified atom stereocenters. The molecule has 1 rings (SSSR count). The number of ether oxygens (including phenoxy) is 2. The Balaban J connectivity index is 2.09. The minimum atomic E-state index is -0.504. The molecule has 0 aromatic heterocycles. The van der Waals surface area contributed by atoms with Crippen LogP contribution in [0.3, 0.4) is 0 Å². The van der Waals surface area contributed by atoms with Crippen LogP contribution in [-0.2, 0) is 16.1 Å². The molecule has 0 radical (unpaired) electrons. The summed E-state index contributed by atoms with van der Waals surface area (Å²) < 4.78 is 12.6. The third-order valence-electron chi connectivity index (χ3n) is 11.1. The van der Waals surface area contributed by atoms with Gasteiger partial charge in [-0.3, -0.25) is 0 Å². The molecule has 0 saturated heterocycles. The summed E-state index contributed by atoms with van der Waals surface area (Å²) in [6, 6.07) is 10.3. The van der Waals surface area contributed by atoms with Crippen LogP contribution in [0.2, 0.25) is 0 Å². The van der Waals surface area contributed by atoms with E-state index in [1.165, 1.54) is 205 Å². The second-order valence-corrected chi connectivity index (χ2v) is 17.8.